The highest BCUT2D eigenvalue weighted by Crippen LogP contribution is 2.32. The van der Waals surface area contributed by atoms with Crippen LogP contribution in [0.1, 0.15) is 45.1 Å². The molecule has 4 aromatic rings. The third-order valence-corrected chi connectivity index (χ3v) is 6.21. The lowest BCUT2D eigenvalue weighted by molar-refractivity contribution is 0.373. The van der Waals surface area contributed by atoms with Gasteiger partial charge in [-0.3, -0.25) is 13.9 Å². The van der Waals surface area contributed by atoms with Crippen molar-refractivity contribution in [2.75, 3.05) is 7.11 Å². The summed E-state index contributed by atoms with van der Waals surface area (Å²) in [6.45, 7) is 5.37. The van der Waals surface area contributed by atoms with Gasteiger partial charge in [0.15, 0.2) is 22.7 Å². The molecule has 8 nitrogen and oxygen atoms in total. The Morgan fingerprint density at radius 1 is 0.914 bits per heavy atom. The number of aryl methyl sites for hydroxylation is 1. The summed E-state index contributed by atoms with van der Waals surface area (Å²) in [4.78, 5) is 32.0. The number of aromatic hydroxyl groups is 1. The highest BCUT2D eigenvalue weighted by Gasteiger charge is 2.23. The van der Waals surface area contributed by atoms with Gasteiger partial charge in [0, 0.05) is 25.2 Å². The number of phenols is 1. The van der Waals surface area contributed by atoms with Crippen LogP contribution in [0.3, 0.4) is 0 Å². The standard InChI is InChI=1S/C27H32N4O4/c1-4-6-15-29-25-23(26(33)30(27(29)34)16-7-5-2)31(18-19-11-9-8-10-12-19)24(28-25)20-13-14-21(32)22(17-20)35-3/h8-14,17,32H,4-7,15-16,18H2,1-3H3. The Bertz CT molecular complexity index is 1430. The number of rotatable bonds is 10. The van der Waals surface area contributed by atoms with Crippen LogP contribution in [0, 0.1) is 0 Å². The largest absolute Gasteiger partial charge is 0.504 e. The number of hydrogen-bond acceptors (Lipinski definition) is 5. The SMILES string of the molecule is CCCCn1c(=O)c2c(nc(-c3ccc(O)c(OC)c3)n2Cc2ccccc2)n(CCCC)c1=O. The zero-order chi connectivity index (χ0) is 24.9. The first-order valence-electron chi connectivity index (χ1n) is 12.1. The molecule has 2 heterocycles. The Kier molecular flexibility index (Phi) is 7.39. The molecule has 0 saturated carbocycles. The van der Waals surface area contributed by atoms with E-state index in [1.54, 1.807) is 22.8 Å². The van der Waals surface area contributed by atoms with Gasteiger partial charge in [-0.05, 0) is 36.6 Å². The monoisotopic (exact) mass is 476 g/mol. The lowest BCUT2D eigenvalue weighted by Gasteiger charge is -2.13. The van der Waals surface area contributed by atoms with Gasteiger partial charge in [-0.15, -0.1) is 0 Å². The summed E-state index contributed by atoms with van der Waals surface area (Å²) in [5, 5.41) is 10.1. The number of aromatic nitrogens is 4. The molecule has 0 spiro atoms. The number of phenolic OH excluding ortho intramolecular Hbond substituents is 1. The van der Waals surface area contributed by atoms with Gasteiger partial charge in [0.05, 0.1) is 7.11 Å². The molecule has 184 valence electrons. The Morgan fingerprint density at radius 3 is 2.26 bits per heavy atom. The molecule has 0 saturated heterocycles. The first-order chi connectivity index (χ1) is 17.0. The molecular weight excluding hydrogens is 444 g/mol. The Labute approximate surface area is 204 Å². The van der Waals surface area contributed by atoms with Crippen LogP contribution in [0.4, 0.5) is 0 Å². The van der Waals surface area contributed by atoms with Gasteiger partial charge in [0.2, 0.25) is 0 Å². The van der Waals surface area contributed by atoms with Crippen molar-refractivity contribution in [2.45, 2.75) is 59.2 Å². The second-order valence-electron chi connectivity index (χ2n) is 8.66. The van der Waals surface area contributed by atoms with Gasteiger partial charge < -0.3 is 14.4 Å². The fourth-order valence-electron chi connectivity index (χ4n) is 4.28. The fourth-order valence-corrected chi connectivity index (χ4v) is 4.28. The van der Waals surface area contributed by atoms with Crippen molar-refractivity contribution in [1.82, 2.24) is 18.7 Å². The fraction of sp³-hybridized carbons (Fsp3) is 0.370. The van der Waals surface area contributed by atoms with E-state index in [9.17, 15) is 14.7 Å². The number of benzene rings is 2. The molecule has 2 aromatic heterocycles. The van der Waals surface area contributed by atoms with Gasteiger partial charge in [-0.2, -0.15) is 0 Å². The second-order valence-corrected chi connectivity index (χ2v) is 8.66. The molecule has 2 aromatic carbocycles. The normalized spacial score (nSPS) is 11.3. The summed E-state index contributed by atoms with van der Waals surface area (Å²) in [6.07, 6.45) is 3.33. The molecule has 0 fully saturated rings. The molecule has 8 heteroatoms. The molecule has 1 N–H and O–H groups in total. The number of unbranched alkanes of at least 4 members (excludes halogenated alkanes) is 2. The molecular formula is C27H32N4O4. The van der Waals surface area contributed by atoms with E-state index in [1.165, 1.54) is 11.7 Å². The van der Waals surface area contributed by atoms with Gasteiger partial charge in [0.25, 0.3) is 5.56 Å². The van der Waals surface area contributed by atoms with Crippen LogP contribution in [0.25, 0.3) is 22.6 Å². The molecule has 0 bridgehead atoms. The number of ether oxygens (including phenoxy) is 1. The van der Waals surface area contributed by atoms with E-state index >= 15 is 0 Å². The highest BCUT2D eigenvalue weighted by atomic mass is 16.5. The van der Waals surface area contributed by atoms with Crippen LogP contribution >= 0.6 is 0 Å². The summed E-state index contributed by atoms with van der Waals surface area (Å²) in [5.41, 5.74) is 1.84. The third-order valence-electron chi connectivity index (χ3n) is 6.21. The van der Waals surface area contributed by atoms with E-state index in [1.807, 2.05) is 41.8 Å². The van der Waals surface area contributed by atoms with E-state index in [-0.39, 0.29) is 17.0 Å². The van der Waals surface area contributed by atoms with E-state index in [4.69, 9.17) is 9.72 Å². The van der Waals surface area contributed by atoms with Gasteiger partial charge in [-0.1, -0.05) is 57.0 Å². The zero-order valence-corrected chi connectivity index (χ0v) is 20.5. The van der Waals surface area contributed by atoms with Crippen LogP contribution in [0.15, 0.2) is 58.1 Å². The number of fused-ring (bicyclic) bond motifs is 1. The quantitative estimate of drug-likeness (QED) is 0.367. The van der Waals surface area contributed by atoms with Crippen LogP contribution in [0.2, 0.25) is 0 Å². The number of hydrogen-bond donors (Lipinski definition) is 1. The predicted molar refractivity (Wildman–Crippen MR) is 137 cm³/mol. The maximum absolute atomic E-state index is 13.7. The zero-order valence-electron chi connectivity index (χ0n) is 20.5. The topological polar surface area (TPSA) is 91.3 Å². The Hall–Kier alpha value is -3.81. The van der Waals surface area contributed by atoms with Gasteiger partial charge in [-0.25, -0.2) is 9.78 Å². The third kappa shape index (κ3) is 4.73. The molecule has 0 unspecified atom stereocenters. The molecule has 0 aliphatic heterocycles. The maximum Gasteiger partial charge on any atom is 0.332 e. The Morgan fingerprint density at radius 2 is 1.60 bits per heavy atom. The van der Waals surface area contributed by atoms with Crippen LogP contribution in [-0.2, 0) is 19.6 Å². The molecule has 4 rings (SSSR count). The van der Waals surface area contributed by atoms with Crippen LogP contribution < -0.4 is 16.0 Å². The predicted octanol–water partition coefficient (Wildman–Crippen LogP) is 4.39. The lowest BCUT2D eigenvalue weighted by atomic mass is 10.1. The van der Waals surface area contributed by atoms with Gasteiger partial charge in [0.1, 0.15) is 5.82 Å². The van der Waals surface area contributed by atoms with E-state index < -0.39 is 0 Å². The van der Waals surface area contributed by atoms with Crippen molar-refractivity contribution < 1.29 is 9.84 Å². The smallest absolute Gasteiger partial charge is 0.332 e. The van der Waals surface area contributed by atoms with Crippen molar-refractivity contribution in [2.24, 2.45) is 0 Å². The molecule has 0 aliphatic rings. The average molecular weight is 477 g/mol. The van der Waals surface area contributed by atoms with E-state index in [2.05, 4.69) is 6.92 Å². The minimum Gasteiger partial charge on any atom is -0.504 e. The number of imidazole rings is 1. The first kappa shape index (κ1) is 24.3. The summed E-state index contributed by atoms with van der Waals surface area (Å²) in [7, 11) is 1.49. The van der Waals surface area contributed by atoms with Crippen molar-refractivity contribution in [3.05, 3.63) is 74.9 Å². The van der Waals surface area contributed by atoms with Crippen LogP contribution in [-0.4, -0.2) is 30.9 Å². The second kappa shape index (κ2) is 10.6. The number of nitrogens with zero attached hydrogens (tertiary/aromatic N) is 4. The highest BCUT2D eigenvalue weighted by molar-refractivity contribution is 5.78. The molecule has 0 aliphatic carbocycles. The van der Waals surface area contributed by atoms with Crippen LogP contribution in [0.5, 0.6) is 11.5 Å². The summed E-state index contributed by atoms with van der Waals surface area (Å²) in [5.74, 6) is 0.866. The summed E-state index contributed by atoms with van der Waals surface area (Å²) in [6, 6.07) is 14.8. The minimum absolute atomic E-state index is 0.0174. The lowest BCUT2D eigenvalue weighted by Crippen LogP contribution is -2.40. The van der Waals surface area contributed by atoms with E-state index in [0.717, 1.165) is 31.2 Å². The summed E-state index contributed by atoms with van der Waals surface area (Å²) < 4.78 is 10.2. The van der Waals surface area contributed by atoms with Crippen molar-refractivity contribution in [3.8, 4) is 22.9 Å². The Balaban J connectivity index is 2.06. The number of methoxy groups -OCH3 is 1. The minimum atomic E-state index is -0.327. The van der Waals surface area contributed by atoms with Crippen molar-refractivity contribution >= 4 is 11.2 Å². The van der Waals surface area contributed by atoms with Crippen molar-refractivity contribution in [1.29, 1.82) is 0 Å². The molecule has 0 radical (unpaired) electrons. The summed E-state index contributed by atoms with van der Waals surface area (Å²) >= 11 is 0. The molecule has 35 heavy (non-hydrogen) atoms. The first-order valence-corrected chi connectivity index (χ1v) is 12.1. The van der Waals surface area contributed by atoms with Crippen molar-refractivity contribution in [3.63, 3.8) is 0 Å². The maximum atomic E-state index is 13.7. The molecule has 0 atom stereocenters. The average Bonchev–Trinajstić information content (AvgIpc) is 3.24. The molecule has 0 amide bonds. The van der Waals surface area contributed by atoms with Gasteiger partial charge >= 0.3 is 5.69 Å². The van der Waals surface area contributed by atoms with E-state index in [0.29, 0.717) is 47.9 Å².